The Kier molecular flexibility index (Phi) is 5.02. The molecule has 3 heteroatoms. The molecular formula is C41H32N2O. The Bertz CT molecular complexity index is 2290. The van der Waals surface area contributed by atoms with Crippen molar-refractivity contribution in [3.63, 3.8) is 0 Å². The molecule has 0 saturated carbocycles. The number of hydrogen-bond acceptors (Lipinski definition) is 3. The van der Waals surface area contributed by atoms with Crippen molar-refractivity contribution in [1.29, 1.82) is 0 Å². The lowest BCUT2D eigenvalue weighted by molar-refractivity contribution is 0.647. The molecule has 0 unspecified atom stereocenters. The minimum absolute atomic E-state index is 0.0713. The number of anilines is 3. The minimum atomic E-state index is -0.147. The number of rotatable bonds is 3. The summed E-state index contributed by atoms with van der Waals surface area (Å²) in [6.45, 7) is 9.52. The monoisotopic (exact) mass is 568 g/mol. The van der Waals surface area contributed by atoms with Crippen molar-refractivity contribution in [3.05, 3.63) is 144 Å². The summed E-state index contributed by atoms with van der Waals surface area (Å²) >= 11 is 0. The van der Waals surface area contributed by atoms with E-state index in [1.165, 1.54) is 44.5 Å². The zero-order valence-electron chi connectivity index (χ0n) is 25.3. The van der Waals surface area contributed by atoms with Crippen molar-refractivity contribution in [3.8, 4) is 22.3 Å². The largest absolute Gasteiger partial charge is 0.456 e. The normalized spacial score (nSPS) is 15.2. The van der Waals surface area contributed by atoms with E-state index in [4.69, 9.17) is 4.42 Å². The summed E-state index contributed by atoms with van der Waals surface area (Å²) in [4.78, 5) is 6.82. The highest BCUT2D eigenvalue weighted by molar-refractivity contribution is 6.06. The van der Waals surface area contributed by atoms with E-state index >= 15 is 0 Å². The van der Waals surface area contributed by atoms with Gasteiger partial charge in [0, 0.05) is 39.2 Å². The molecule has 0 fully saturated rings. The minimum Gasteiger partial charge on any atom is -0.456 e. The molecular weight excluding hydrogens is 536 g/mol. The van der Waals surface area contributed by atoms with Gasteiger partial charge in [-0.3, -0.25) is 4.98 Å². The quantitative estimate of drug-likeness (QED) is 0.212. The predicted molar refractivity (Wildman–Crippen MR) is 181 cm³/mol. The van der Waals surface area contributed by atoms with Crippen LogP contribution in [0.1, 0.15) is 49.9 Å². The van der Waals surface area contributed by atoms with Gasteiger partial charge in [0.2, 0.25) is 0 Å². The molecule has 5 aromatic carbocycles. The Morgan fingerprint density at radius 3 is 2.16 bits per heavy atom. The van der Waals surface area contributed by atoms with Gasteiger partial charge in [0.15, 0.2) is 0 Å². The van der Waals surface area contributed by atoms with E-state index in [1.54, 1.807) is 0 Å². The fraction of sp³-hybridized carbons (Fsp3) is 0.146. The predicted octanol–water partition coefficient (Wildman–Crippen LogP) is 11.1. The summed E-state index contributed by atoms with van der Waals surface area (Å²) < 4.78 is 6.17. The van der Waals surface area contributed by atoms with Crippen molar-refractivity contribution in [2.75, 3.05) is 4.90 Å². The highest BCUT2D eigenvalue weighted by Crippen LogP contribution is 2.59. The second-order valence-corrected chi connectivity index (χ2v) is 13.3. The summed E-state index contributed by atoms with van der Waals surface area (Å²) in [6, 6.07) is 39.6. The smallest absolute Gasteiger partial charge is 0.135 e. The molecule has 0 radical (unpaired) electrons. The van der Waals surface area contributed by atoms with Crippen LogP contribution < -0.4 is 4.90 Å². The first-order valence-electron chi connectivity index (χ1n) is 15.4. The number of aromatic nitrogens is 1. The van der Waals surface area contributed by atoms with Gasteiger partial charge in [0.1, 0.15) is 11.2 Å². The van der Waals surface area contributed by atoms with Gasteiger partial charge in [-0.1, -0.05) is 88.4 Å². The fourth-order valence-electron chi connectivity index (χ4n) is 8.01. The number of hydrogen-bond donors (Lipinski definition) is 0. The number of furan rings is 1. The molecule has 0 saturated heterocycles. The van der Waals surface area contributed by atoms with Gasteiger partial charge in [-0.2, -0.15) is 0 Å². The molecule has 212 valence electrons. The molecule has 9 rings (SSSR count). The van der Waals surface area contributed by atoms with Crippen molar-refractivity contribution >= 4 is 39.0 Å². The van der Waals surface area contributed by atoms with Gasteiger partial charge in [-0.05, 0) is 93.0 Å². The van der Waals surface area contributed by atoms with Gasteiger partial charge in [0.05, 0.1) is 11.9 Å². The lowest BCUT2D eigenvalue weighted by Crippen LogP contribution is -2.18. The van der Waals surface area contributed by atoms with Gasteiger partial charge in [-0.25, -0.2) is 0 Å². The van der Waals surface area contributed by atoms with Gasteiger partial charge < -0.3 is 9.32 Å². The molecule has 0 N–H and O–H groups in total. The van der Waals surface area contributed by atoms with Crippen LogP contribution >= 0.6 is 0 Å². The van der Waals surface area contributed by atoms with E-state index in [0.717, 1.165) is 39.0 Å². The number of benzene rings is 5. The maximum absolute atomic E-state index is 6.17. The average molecular weight is 569 g/mol. The van der Waals surface area contributed by atoms with Gasteiger partial charge in [0.25, 0.3) is 0 Å². The first kappa shape index (κ1) is 25.4. The standard InChI is InChI=1S/C41H32N2O/c1-40(2)34-19-18-30-28-11-5-7-13-33(28)41(3,4)39(30)38(34)31-17-15-26(23-35(31)40)43(27-10-9-21-42-24-27)25-16-20-37-32(22-25)29-12-6-8-14-36(29)44-37/h5-24H,1-4H3. The molecule has 44 heavy (non-hydrogen) atoms. The van der Waals surface area contributed by atoms with Crippen molar-refractivity contribution in [2.45, 2.75) is 38.5 Å². The third kappa shape index (κ3) is 3.30. The maximum Gasteiger partial charge on any atom is 0.135 e. The summed E-state index contributed by atoms with van der Waals surface area (Å²) in [6.07, 6.45) is 3.77. The van der Waals surface area contributed by atoms with Crippen LogP contribution in [-0.4, -0.2) is 4.98 Å². The third-order valence-corrected chi connectivity index (χ3v) is 10.1. The highest BCUT2D eigenvalue weighted by atomic mass is 16.3. The summed E-state index contributed by atoms with van der Waals surface area (Å²) in [5.74, 6) is 0. The van der Waals surface area contributed by atoms with Crippen LogP contribution in [0.2, 0.25) is 0 Å². The molecule has 3 nitrogen and oxygen atoms in total. The summed E-state index contributed by atoms with van der Waals surface area (Å²) in [5.41, 5.74) is 15.9. The van der Waals surface area contributed by atoms with E-state index in [0.29, 0.717) is 0 Å². The van der Waals surface area contributed by atoms with E-state index in [2.05, 4.69) is 129 Å². The second-order valence-electron chi connectivity index (χ2n) is 13.3. The average Bonchev–Trinajstić information content (AvgIpc) is 3.61. The molecule has 2 aliphatic carbocycles. The SMILES string of the molecule is CC1(C)c2cc(N(c3cccnc3)c3ccc4oc5ccccc5c4c3)ccc2-c2c1ccc1c2C(C)(C)c2ccccc2-1. The number of fused-ring (bicyclic) bond motifs is 10. The summed E-state index contributed by atoms with van der Waals surface area (Å²) in [7, 11) is 0. The lowest BCUT2D eigenvalue weighted by atomic mass is 9.77. The van der Waals surface area contributed by atoms with E-state index < -0.39 is 0 Å². The van der Waals surface area contributed by atoms with Gasteiger partial charge in [-0.15, -0.1) is 0 Å². The first-order chi connectivity index (χ1) is 21.3. The molecule has 2 aliphatic rings. The number of para-hydroxylation sites is 1. The Balaban J connectivity index is 1.25. The molecule has 0 spiro atoms. The van der Waals surface area contributed by atoms with Crippen LogP contribution in [0.3, 0.4) is 0 Å². The molecule has 7 aromatic rings. The van der Waals surface area contributed by atoms with Crippen molar-refractivity contribution < 1.29 is 4.42 Å². The van der Waals surface area contributed by atoms with E-state index in [9.17, 15) is 0 Å². The highest BCUT2D eigenvalue weighted by Gasteiger charge is 2.44. The Labute approximate surface area is 257 Å². The van der Waals surface area contributed by atoms with E-state index in [1.807, 2.05) is 30.6 Å². The van der Waals surface area contributed by atoms with Crippen LogP contribution in [0.25, 0.3) is 44.2 Å². The van der Waals surface area contributed by atoms with Crippen LogP contribution in [0.5, 0.6) is 0 Å². The van der Waals surface area contributed by atoms with Crippen LogP contribution in [0.15, 0.2) is 126 Å². The molecule has 0 aliphatic heterocycles. The Morgan fingerprint density at radius 1 is 0.545 bits per heavy atom. The molecule has 0 atom stereocenters. The van der Waals surface area contributed by atoms with Crippen molar-refractivity contribution in [1.82, 2.24) is 4.98 Å². The van der Waals surface area contributed by atoms with Crippen LogP contribution in [0, 0.1) is 0 Å². The maximum atomic E-state index is 6.17. The second kappa shape index (κ2) is 8.70. The first-order valence-corrected chi connectivity index (χ1v) is 15.4. The fourth-order valence-corrected chi connectivity index (χ4v) is 8.01. The van der Waals surface area contributed by atoms with E-state index in [-0.39, 0.29) is 10.8 Å². The topological polar surface area (TPSA) is 29.3 Å². The number of nitrogens with zero attached hydrogens (tertiary/aromatic N) is 2. The lowest BCUT2D eigenvalue weighted by Gasteiger charge is -2.28. The number of pyridine rings is 1. The zero-order valence-corrected chi connectivity index (χ0v) is 25.3. The third-order valence-electron chi connectivity index (χ3n) is 10.1. The molecule has 2 aromatic heterocycles. The molecule has 0 amide bonds. The zero-order chi connectivity index (χ0) is 29.8. The molecule has 0 bridgehead atoms. The Morgan fingerprint density at radius 2 is 1.30 bits per heavy atom. The van der Waals surface area contributed by atoms with Gasteiger partial charge >= 0.3 is 0 Å². The summed E-state index contributed by atoms with van der Waals surface area (Å²) in [5, 5.41) is 2.23. The molecule has 2 heterocycles. The van der Waals surface area contributed by atoms with Crippen molar-refractivity contribution in [2.24, 2.45) is 0 Å². The van der Waals surface area contributed by atoms with Crippen LogP contribution in [-0.2, 0) is 10.8 Å². The Hall–Kier alpha value is -5.15. The van der Waals surface area contributed by atoms with Crippen LogP contribution in [0.4, 0.5) is 17.1 Å².